The molecule has 0 saturated carbocycles. The van der Waals surface area contributed by atoms with Gasteiger partial charge in [-0.05, 0) is 50.3 Å². The molecule has 3 heterocycles. The van der Waals surface area contributed by atoms with Crippen LogP contribution >= 0.6 is 0 Å². The second-order valence-corrected chi connectivity index (χ2v) is 8.79. The number of carbonyl (C=O) groups is 2. The molecule has 2 amide bonds. The van der Waals surface area contributed by atoms with Gasteiger partial charge in [0.2, 0.25) is 5.43 Å². The minimum Gasteiger partial charge on any atom is -0.503 e. The van der Waals surface area contributed by atoms with Crippen LogP contribution < -0.4 is 10.7 Å². The third kappa shape index (κ3) is 3.55. The van der Waals surface area contributed by atoms with Crippen LogP contribution in [-0.2, 0) is 6.54 Å². The molecule has 1 saturated heterocycles. The van der Waals surface area contributed by atoms with Gasteiger partial charge in [0.05, 0.1) is 6.04 Å². The maximum atomic E-state index is 14.1. The molecule has 3 atom stereocenters. The van der Waals surface area contributed by atoms with E-state index < -0.39 is 41.2 Å². The molecule has 2 aliphatic heterocycles. The highest BCUT2D eigenvalue weighted by atomic mass is 19.1. The summed E-state index contributed by atoms with van der Waals surface area (Å²) in [5.74, 6) is -3.59. The molecule has 0 radical (unpaired) electrons. The Morgan fingerprint density at radius 3 is 2.50 bits per heavy atom. The summed E-state index contributed by atoms with van der Waals surface area (Å²) >= 11 is 0. The Bertz CT molecular complexity index is 1150. The van der Waals surface area contributed by atoms with E-state index in [1.807, 2.05) is 13.8 Å². The molecule has 1 fully saturated rings. The Kier molecular flexibility index (Phi) is 5.52. The molecule has 32 heavy (non-hydrogen) atoms. The Morgan fingerprint density at radius 1 is 1.19 bits per heavy atom. The number of aromatic nitrogens is 1. The van der Waals surface area contributed by atoms with Crippen LogP contribution in [0.15, 0.2) is 23.1 Å². The lowest BCUT2D eigenvalue weighted by molar-refractivity contribution is 0.0591. The third-order valence-electron chi connectivity index (χ3n) is 6.60. The molecular formula is C23H25F2N3O4. The summed E-state index contributed by atoms with van der Waals surface area (Å²) in [7, 11) is 0. The van der Waals surface area contributed by atoms with Gasteiger partial charge < -0.3 is 19.9 Å². The molecular weight excluding hydrogens is 420 g/mol. The van der Waals surface area contributed by atoms with Crippen molar-refractivity contribution in [2.45, 2.75) is 52.2 Å². The van der Waals surface area contributed by atoms with Gasteiger partial charge in [0.15, 0.2) is 11.4 Å². The molecule has 4 rings (SSSR count). The maximum absolute atomic E-state index is 14.1. The van der Waals surface area contributed by atoms with Gasteiger partial charge >= 0.3 is 0 Å². The minimum absolute atomic E-state index is 0.0273. The second-order valence-electron chi connectivity index (χ2n) is 8.79. The van der Waals surface area contributed by atoms with Crippen LogP contribution in [0.4, 0.5) is 8.78 Å². The smallest absolute Gasteiger partial charge is 0.274 e. The van der Waals surface area contributed by atoms with Crippen molar-refractivity contribution < 1.29 is 23.5 Å². The largest absolute Gasteiger partial charge is 0.503 e. The second kappa shape index (κ2) is 8.03. The fraction of sp³-hybridized carbons (Fsp3) is 0.435. The number of pyridine rings is 1. The van der Waals surface area contributed by atoms with Crippen molar-refractivity contribution in [3.63, 3.8) is 0 Å². The third-order valence-corrected chi connectivity index (χ3v) is 6.60. The maximum Gasteiger partial charge on any atom is 0.274 e. The number of benzene rings is 1. The number of aryl methyl sites for hydroxylation is 1. The molecule has 1 aromatic heterocycles. The number of hydrogen-bond donors (Lipinski definition) is 2. The monoisotopic (exact) mass is 445 g/mol. The van der Waals surface area contributed by atoms with Gasteiger partial charge in [-0.1, -0.05) is 6.92 Å². The van der Waals surface area contributed by atoms with Crippen molar-refractivity contribution in [1.82, 2.24) is 14.8 Å². The zero-order valence-corrected chi connectivity index (χ0v) is 18.1. The number of nitrogens with zero attached hydrogens (tertiary/aromatic N) is 2. The number of hydrogen-bond acceptors (Lipinski definition) is 4. The molecule has 1 aromatic carbocycles. The zero-order valence-electron chi connectivity index (χ0n) is 18.1. The van der Waals surface area contributed by atoms with Gasteiger partial charge in [-0.25, -0.2) is 8.78 Å². The van der Waals surface area contributed by atoms with Crippen molar-refractivity contribution in [3.8, 4) is 5.75 Å². The van der Waals surface area contributed by atoms with Crippen molar-refractivity contribution in [2.75, 3.05) is 6.54 Å². The number of halogens is 2. The van der Waals surface area contributed by atoms with Gasteiger partial charge in [-0.3, -0.25) is 14.4 Å². The zero-order chi connectivity index (χ0) is 23.3. The lowest BCUT2D eigenvalue weighted by atomic mass is 9.95. The van der Waals surface area contributed by atoms with Gasteiger partial charge in [0, 0.05) is 30.9 Å². The van der Waals surface area contributed by atoms with E-state index in [-0.39, 0.29) is 34.8 Å². The first kappa shape index (κ1) is 22.0. The number of carbonyl (C=O) groups excluding carboxylic acids is 2. The summed E-state index contributed by atoms with van der Waals surface area (Å²) in [5, 5.41) is 12.9. The molecule has 0 unspecified atom stereocenters. The van der Waals surface area contributed by atoms with Gasteiger partial charge in [0.1, 0.15) is 17.2 Å². The quantitative estimate of drug-likeness (QED) is 0.760. The Labute approximate surface area is 183 Å². The Hall–Kier alpha value is -3.23. The molecule has 0 aliphatic carbocycles. The predicted molar refractivity (Wildman–Crippen MR) is 113 cm³/mol. The van der Waals surface area contributed by atoms with Crippen LogP contribution in [0.25, 0.3) is 0 Å². The molecule has 0 spiro atoms. The van der Waals surface area contributed by atoms with Crippen LogP contribution in [0.1, 0.15) is 64.7 Å². The lowest BCUT2D eigenvalue weighted by Gasteiger charge is -2.38. The first-order valence-electron chi connectivity index (χ1n) is 10.6. The van der Waals surface area contributed by atoms with E-state index in [9.17, 15) is 28.3 Å². The van der Waals surface area contributed by atoms with Gasteiger partial charge in [-0.15, -0.1) is 0 Å². The first-order chi connectivity index (χ1) is 15.1. The fourth-order valence-corrected chi connectivity index (χ4v) is 4.61. The molecule has 2 N–H and O–H groups in total. The fourth-order valence-electron chi connectivity index (χ4n) is 4.61. The van der Waals surface area contributed by atoms with E-state index in [0.29, 0.717) is 12.1 Å². The number of aromatic hydroxyl groups is 1. The molecule has 9 heteroatoms. The Morgan fingerprint density at radius 2 is 1.84 bits per heavy atom. The summed E-state index contributed by atoms with van der Waals surface area (Å²) in [5.41, 5.74) is -1.43. The summed E-state index contributed by atoms with van der Waals surface area (Å²) in [6, 6.07) is 2.06. The SMILES string of the molecule is Cc1cc(F)c(CNC(=O)c2cn3c(c(O)c2=O)C(=O)N2C[C@H]3[C@H](C)CC[C@H]2C)c(F)c1. The number of nitrogens with one attached hydrogen (secondary N) is 1. The molecule has 2 bridgehead atoms. The normalized spacial score (nSPS) is 22.3. The lowest BCUT2D eigenvalue weighted by Crippen LogP contribution is -2.48. The van der Waals surface area contributed by atoms with Crippen molar-refractivity contribution >= 4 is 11.8 Å². The van der Waals surface area contributed by atoms with Crippen LogP contribution in [0.2, 0.25) is 0 Å². The molecule has 2 aliphatic rings. The number of fused-ring (bicyclic) bond motifs is 4. The predicted octanol–water partition coefficient (Wildman–Crippen LogP) is 2.89. The average molecular weight is 445 g/mol. The van der Waals surface area contributed by atoms with E-state index in [4.69, 9.17) is 0 Å². The number of rotatable bonds is 3. The van der Waals surface area contributed by atoms with Gasteiger partial charge in [0.25, 0.3) is 11.8 Å². The van der Waals surface area contributed by atoms with Crippen LogP contribution in [0, 0.1) is 24.5 Å². The van der Waals surface area contributed by atoms with E-state index in [2.05, 4.69) is 5.32 Å². The molecule has 7 nitrogen and oxygen atoms in total. The van der Waals surface area contributed by atoms with Crippen molar-refractivity contribution in [2.24, 2.45) is 5.92 Å². The first-order valence-corrected chi connectivity index (χ1v) is 10.6. The molecule has 2 aromatic rings. The van der Waals surface area contributed by atoms with E-state index in [0.717, 1.165) is 25.0 Å². The summed E-state index contributed by atoms with van der Waals surface area (Å²) < 4.78 is 29.7. The summed E-state index contributed by atoms with van der Waals surface area (Å²) in [6.07, 6.45) is 2.92. The van der Waals surface area contributed by atoms with E-state index in [1.54, 1.807) is 11.8 Å². The van der Waals surface area contributed by atoms with E-state index in [1.165, 1.54) is 10.8 Å². The van der Waals surface area contributed by atoms with Crippen molar-refractivity contribution in [1.29, 1.82) is 0 Å². The summed E-state index contributed by atoms with van der Waals surface area (Å²) in [6.45, 7) is 5.45. The highest BCUT2D eigenvalue weighted by Crippen LogP contribution is 2.37. The van der Waals surface area contributed by atoms with Crippen LogP contribution in [0.3, 0.4) is 0 Å². The topological polar surface area (TPSA) is 91.6 Å². The highest BCUT2D eigenvalue weighted by molar-refractivity contribution is 5.99. The average Bonchev–Trinajstić information content (AvgIpc) is 2.85. The molecule has 170 valence electrons. The van der Waals surface area contributed by atoms with Gasteiger partial charge in [-0.2, -0.15) is 0 Å². The van der Waals surface area contributed by atoms with E-state index >= 15 is 0 Å². The van der Waals surface area contributed by atoms with Crippen LogP contribution in [0.5, 0.6) is 5.75 Å². The van der Waals surface area contributed by atoms with Crippen LogP contribution in [-0.4, -0.2) is 39.0 Å². The summed E-state index contributed by atoms with van der Waals surface area (Å²) in [4.78, 5) is 40.1. The Balaban J connectivity index is 1.70. The standard InChI is InChI=1S/C23H25F2N3O4/c1-11-6-16(24)14(17(25)7-11)8-26-22(31)15-9-28-18-10-27(13(3)5-4-12(18)2)23(32)19(28)21(30)20(15)29/h6-7,9,12-13,18,30H,4-5,8,10H2,1-3H3,(H,26,31)/t12-,13-,18+/m1/s1. The van der Waals surface area contributed by atoms with Crippen molar-refractivity contribution in [3.05, 3.63) is 62.6 Å². The number of amides is 2. The highest BCUT2D eigenvalue weighted by Gasteiger charge is 2.41. The minimum atomic E-state index is -0.993.